The van der Waals surface area contributed by atoms with Crippen LogP contribution in [0, 0.1) is 5.82 Å². The maximum atomic E-state index is 13.7. The second-order valence-electron chi connectivity index (χ2n) is 9.48. The number of nitrogens with zero attached hydrogens (tertiary/aromatic N) is 7. The molecule has 1 N–H and O–H groups in total. The standard InChI is InChI=1S/C29H29FN8/c1-36-17-19-37(20-18-36)25-12-11-24-27(33-25)35-28(22-7-9-23(30)10-8-22)38(24)26-14-16-32-29(34-26)31-15-13-21-5-3-2-4-6-21/h2-12,14,16H,13,15,17-20H2,1H3,(H,31,32,34). The number of nitrogens with one attached hydrogen (secondary N) is 1. The first kappa shape index (κ1) is 24.0. The van der Waals surface area contributed by atoms with Crippen LogP contribution in [0.3, 0.4) is 0 Å². The summed E-state index contributed by atoms with van der Waals surface area (Å²) >= 11 is 0. The monoisotopic (exact) mass is 508 g/mol. The second kappa shape index (κ2) is 10.5. The second-order valence-corrected chi connectivity index (χ2v) is 9.48. The maximum absolute atomic E-state index is 13.7. The van der Waals surface area contributed by atoms with Crippen LogP contribution in [0.2, 0.25) is 0 Å². The number of rotatable bonds is 7. The van der Waals surface area contributed by atoms with Crippen LogP contribution in [0.1, 0.15) is 5.56 Å². The molecular formula is C29H29FN8. The van der Waals surface area contributed by atoms with Gasteiger partial charge in [-0.05, 0) is 61.5 Å². The zero-order chi connectivity index (χ0) is 25.9. The van der Waals surface area contributed by atoms with E-state index in [0.29, 0.717) is 29.8 Å². The highest BCUT2D eigenvalue weighted by atomic mass is 19.1. The summed E-state index contributed by atoms with van der Waals surface area (Å²) < 4.78 is 15.7. The van der Waals surface area contributed by atoms with Crippen molar-refractivity contribution in [2.45, 2.75) is 6.42 Å². The van der Waals surface area contributed by atoms with Gasteiger partial charge in [-0.25, -0.2) is 19.3 Å². The molecule has 4 heterocycles. The van der Waals surface area contributed by atoms with E-state index in [0.717, 1.165) is 49.5 Å². The molecule has 9 heteroatoms. The van der Waals surface area contributed by atoms with E-state index in [1.165, 1.54) is 17.7 Å². The largest absolute Gasteiger partial charge is 0.354 e. The third-order valence-corrected chi connectivity index (χ3v) is 6.84. The molecule has 1 saturated heterocycles. The summed E-state index contributed by atoms with van der Waals surface area (Å²) in [5, 5.41) is 3.33. The number of pyridine rings is 1. The van der Waals surface area contributed by atoms with Gasteiger partial charge in [0.05, 0.1) is 5.52 Å². The van der Waals surface area contributed by atoms with Crippen molar-refractivity contribution in [3.63, 3.8) is 0 Å². The number of aromatic nitrogens is 5. The number of benzene rings is 2. The van der Waals surface area contributed by atoms with Crippen LogP contribution in [-0.4, -0.2) is 69.2 Å². The number of imidazole rings is 1. The molecule has 6 rings (SSSR count). The van der Waals surface area contributed by atoms with Crippen molar-refractivity contribution < 1.29 is 4.39 Å². The van der Waals surface area contributed by atoms with Crippen molar-refractivity contribution in [2.24, 2.45) is 0 Å². The van der Waals surface area contributed by atoms with Crippen molar-refractivity contribution in [2.75, 3.05) is 50.0 Å². The molecule has 0 amide bonds. The molecule has 38 heavy (non-hydrogen) atoms. The Balaban J connectivity index is 1.35. The van der Waals surface area contributed by atoms with Crippen LogP contribution in [0.5, 0.6) is 0 Å². The van der Waals surface area contributed by atoms with Crippen LogP contribution in [0.4, 0.5) is 16.2 Å². The first-order valence-electron chi connectivity index (χ1n) is 12.8. The predicted octanol–water partition coefficient (Wildman–Crippen LogP) is 4.42. The first-order valence-corrected chi connectivity index (χ1v) is 12.8. The lowest BCUT2D eigenvalue weighted by molar-refractivity contribution is 0.312. The van der Waals surface area contributed by atoms with Gasteiger partial charge < -0.3 is 15.1 Å². The molecule has 8 nitrogen and oxygen atoms in total. The highest BCUT2D eigenvalue weighted by Crippen LogP contribution is 2.29. The Kier molecular flexibility index (Phi) is 6.66. The van der Waals surface area contributed by atoms with E-state index in [1.807, 2.05) is 41.0 Å². The minimum Gasteiger partial charge on any atom is -0.354 e. The average Bonchev–Trinajstić information content (AvgIpc) is 3.33. The molecule has 5 aromatic rings. The Labute approximate surface area is 220 Å². The predicted molar refractivity (Wildman–Crippen MR) is 148 cm³/mol. The van der Waals surface area contributed by atoms with Crippen molar-refractivity contribution in [3.05, 3.63) is 90.4 Å². The van der Waals surface area contributed by atoms with Crippen LogP contribution < -0.4 is 10.2 Å². The smallest absolute Gasteiger partial charge is 0.224 e. The van der Waals surface area contributed by atoms with E-state index in [9.17, 15) is 4.39 Å². The van der Waals surface area contributed by atoms with Crippen LogP contribution >= 0.6 is 0 Å². The molecule has 0 unspecified atom stereocenters. The molecule has 1 aliphatic heterocycles. The lowest BCUT2D eigenvalue weighted by atomic mass is 10.1. The van der Waals surface area contributed by atoms with Gasteiger partial charge in [0.25, 0.3) is 0 Å². The molecule has 2 aromatic carbocycles. The number of piperazine rings is 1. The molecule has 3 aromatic heterocycles. The number of hydrogen-bond acceptors (Lipinski definition) is 7. The number of fused-ring (bicyclic) bond motifs is 1. The number of likely N-dealkylation sites (N-methyl/N-ethyl adjacent to an activating group) is 1. The highest BCUT2D eigenvalue weighted by molar-refractivity contribution is 5.81. The average molecular weight is 509 g/mol. The molecule has 1 aliphatic rings. The Hall–Kier alpha value is -4.37. The number of hydrogen-bond donors (Lipinski definition) is 1. The summed E-state index contributed by atoms with van der Waals surface area (Å²) in [5.74, 6) is 2.47. The third kappa shape index (κ3) is 5.05. The zero-order valence-electron chi connectivity index (χ0n) is 21.3. The van der Waals surface area contributed by atoms with Crippen molar-refractivity contribution >= 4 is 22.9 Å². The van der Waals surface area contributed by atoms with Crippen LogP contribution in [0.15, 0.2) is 79.0 Å². The normalized spacial score (nSPS) is 14.2. The van der Waals surface area contributed by atoms with Gasteiger partial charge in [-0.3, -0.25) is 4.57 Å². The summed E-state index contributed by atoms with van der Waals surface area (Å²) in [7, 11) is 2.14. The number of anilines is 2. The van der Waals surface area contributed by atoms with E-state index in [2.05, 4.69) is 39.3 Å². The molecule has 0 aliphatic carbocycles. The molecular weight excluding hydrogens is 479 g/mol. The molecule has 0 atom stereocenters. The van der Waals surface area contributed by atoms with E-state index < -0.39 is 0 Å². The van der Waals surface area contributed by atoms with Gasteiger partial charge in [0.15, 0.2) is 5.65 Å². The Bertz CT molecular complexity index is 1530. The van der Waals surface area contributed by atoms with Gasteiger partial charge in [-0.15, -0.1) is 0 Å². The minimum atomic E-state index is -0.293. The van der Waals surface area contributed by atoms with Crippen LogP contribution in [0.25, 0.3) is 28.4 Å². The summed E-state index contributed by atoms with van der Waals surface area (Å²) in [6.45, 7) is 4.54. The maximum Gasteiger partial charge on any atom is 0.224 e. The molecule has 0 bridgehead atoms. The zero-order valence-corrected chi connectivity index (χ0v) is 21.3. The SMILES string of the molecule is CN1CCN(c2ccc3c(n2)nc(-c2ccc(F)cc2)n3-c2ccnc(NCCc3ccccc3)n2)CC1. The van der Waals surface area contributed by atoms with Crippen molar-refractivity contribution in [1.29, 1.82) is 0 Å². The lowest BCUT2D eigenvalue weighted by Crippen LogP contribution is -2.44. The Morgan fingerprint density at radius 1 is 0.816 bits per heavy atom. The molecule has 192 valence electrons. The van der Waals surface area contributed by atoms with Crippen molar-refractivity contribution in [1.82, 2.24) is 29.4 Å². The fourth-order valence-corrected chi connectivity index (χ4v) is 4.71. The summed E-state index contributed by atoms with van der Waals surface area (Å²) in [4.78, 5) is 23.7. The third-order valence-electron chi connectivity index (χ3n) is 6.84. The molecule has 0 saturated carbocycles. The van der Waals surface area contributed by atoms with E-state index >= 15 is 0 Å². The highest BCUT2D eigenvalue weighted by Gasteiger charge is 2.20. The van der Waals surface area contributed by atoms with E-state index in [4.69, 9.17) is 15.0 Å². The lowest BCUT2D eigenvalue weighted by Gasteiger charge is -2.33. The van der Waals surface area contributed by atoms with Gasteiger partial charge in [-0.1, -0.05) is 30.3 Å². The molecule has 0 spiro atoms. The van der Waals surface area contributed by atoms with E-state index in [-0.39, 0.29) is 5.82 Å². The molecule has 1 fully saturated rings. The van der Waals surface area contributed by atoms with Crippen LogP contribution in [-0.2, 0) is 6.42 Å². The van der Waals surface area contributed by atoms with Gasteiger partial charge >= 0.3 is 0 Å². The minimum absolute atomic E-state index is 0.293. The number of halogens is 1. The fourth-order valence-electron chi connectivity index (χ4n) is 4.71. The van der Waals surface area contributed by atoms with Gasteiger partial charge in [0, 0.05) is 44.5 Å². The summed E-state index contributed by atoms with van der Waals surface area (Å²) in [5.41, 5.74) is 3.48. The first-order chi connectivity index (χ1) is 18.6. The van der Waals surface area contributed by atoms with E-state index in [1.54, 1.807) is 18.3 Å². The summed E-state index contributed by atoms with van der Waals surface area (Å²) in [6, 6.07) is 22.6. The Morgan fingerprint density at radius 2 is 1.61 bits per heavy atom. The fraction of sp³-hybridized carbons (Fsp3) is 0.241. The van der Waals surface area contributed by atoms with Gasteiger partial charge in [-0.2, -0.15) is 4.98 Å². The van der Waals surface area contributed by atoms with Gasteiger partial charge in [0.2, 0.25) is 5.95 Å². The Morgan fingerprint density at radius 3 is 2.39 bits per heavy atom. The summed E-state index contributed by atoms with van der Waals surface area (Å²) in [6.07, 6.45) is 2.60. The topological polar surface area (TPSA) is 75.0 Å². The van der Waals surface area contributed by atoms with Crippen molar-refractivity contribution in [3.8, 4) is 17.2 Å². The molecule has 0 radical (unpaired) electrons. The quantitative estimate of drug-likeness (QED) is 0.349. The van der Waals surface area contributed by atoms with Gasteiger partial charge in [0.1, 0.15) is 23.3 Å².